The van der Waals surface area contributed by atoms with Crippen molar-refractivity contribution < 1.29 is 0 Å². The van der Waals surface area contributed by atoms with Crippen LogP contribution in [0, 0.1) is 0 Å². The van der Waals surface area contributed by atoms with Crippen molar-refractivity contribution in [1.82, 2.24) is 0 Å². The van der Waals surface area contributed by atoms with Crippen molar-refractivity contribution in [3.63, 3.8) is 0 Å². The largest absolute Gasteiger partial charge is 0.383 e. The minimum absolute atomic E-state index is 0.574. The number of halogens is 2. The lowest BCUT2D eigenvalue weighted by Crippen LogP contribution is -2.00. The quantitative estimate of drug-likeness (QED) is 0.592. The summed E-state index contributed by atoms with van der Waals surface area (Å²) < 4.78 is 0. The van der Waals surface area contributed by atoms with E-state index in [2.05, 4.69) is 11.9 Å². The highest BCUT2D eigenvalue weighted by atomic mass is 35.5. The van der Waals surface area contributed by atoms with Gasteiger partial charge in [-0.1, -0.05) is 35.3 Å². The Morgan fingerprint density at radius 3 is 2.85 bits per heavy atom. The van der Waals surface area contributed by atoms with Crippen molar-refractivity contribution in [2.75, 3.05) is 11.9 Å². The van der Waals surface area contributed by atoms with Crippen LogP contribution in [0.4, 0.5) is 5.69 Å². The molecule has 0 saturated heterocycles. The van der Waals surface area contributed by atoms with E-state index in [-0.39, 0.29) is 0 Å². The molecule has 0 spiro atoms. The summed E-state index contributed by atoms with van der Waals surface area (Å²) in [5, 5.41) is 4.32. The van der Waals surface area contributed by atoms with E-state index in [1.54, 1.807) is 6.07 Å². The predicted molar refractivity (Wildman–Crippen MR) is 59.8 cm³/mol. The van der Waals surface area contributed by atoms with E-state index in [1.807, 2.05) is 18.2 Å². The lowest BCUT2D eigenvalue weighted by Gasteiger charge is -2.07. The van der Waals surface area contributed by atoms with E-state index in [9.17, 15) is 0 Å². The van der Waals surface area contributed by atoms with Gasteiger partial charge in [-0.15, -0.1) is 6.58 Å². The molecule has 0 heterocycles. The monoisotopic (exact) mass is 215 g/mol. The average Bonchev–Trinajstić information content (AvgIpc) is 2.13. The molecule has 0 atom stereocenters. The van der Waals surface area contributed by atoms with Crippen LogP contribution in [0.25, 0.3) is 0 Å². The Morgan fingerprint density at radius 2 is 2.15 bits per heavy atom. The Kier molecular flexibility index (Phi) is 4.13. The summed E-state index contributed by atoms with van der Waals surface area (Å²) in [5.74, 6) is 0. The predicted octanol–water partition coefficient (Wildman–Crippen LogP) is 3.98. The van der Waals surface area contributed by atoms with Gasteiger partial charge in [0.25, 0.3) is 0 Å². The first kappa shape index (κ1) is 10.4. The molecule has 13 heavy (non-hydrogen) atoms. The minimum atomic E-state index is 0.574. The molecule has 3 heteroatoms. The van der Waals surface area contributed by atoms with Crippen LogP contribution < -0.4 is 5.32 Å². The molecule has 0 fully saturated rings. The SMILES string of the molecule is C=CCCNc1cccc(Cl)c1Cl. The molecule has 0 aliphatic heterocycles. The number of benzene rings is 1. The second-order valence-corrected chi connectivity index (χ2v) is 3.39. The standard InChI is InChI=1S/C10H11Cl2N/c1-2-3-7-13-9-6-4-5-8(11)10(9)12/h2,4-6,13H,1,3,7H2. The van der Waals surface area contributed by atoms with Gasteiger partial charge in [0, 0.05) is 6.54 Å². The molecule has 0 aromatic heterocycles. The first-order valence-electron chi connectivity index (χ1n) is 4.04. The second kappa shape index (κ2) is 5.15. The number of hydrogen-bond donors (Lipinski definition) is 1. The first-order valence-corrected chi connectivity index (χ1v) is 4.80. The average molecular weight is 216 g/mol. The Balaban J connectivity index is 2.65. The maximum atomic E-state index is 5.95. The molecule has 1 rings (SSSR count). The molecule has 0 bridgehead atoms. The maximum Gasteiger partial charge on any atom is 0.0823 e. The number of rotatable bonds is 4. The van der Waals surface area contributed by atoms with Gasteiger partial charge in [0.2, 0.25) is 0 Å². The van der Waals surface area contributed by atoms with Crippen LogP contribution in [0.3, 0.4) is 0 Å². The van der Waals surface area contributed by atoms with Gasteiger partial charge >= 0.3 is 0 Å². The Labute approximate surface area is 88.4 Å². The van der Waals surface area contributed by atoms with Crippen LogP contribution in [-0.4, -0.2) is 6.54 Å². The van der Waals surface area contributed by atoms with Gasteiger partial charge in [-0.2, -0.15) is 0 Å². The van der Waals surface area contributed by atoms with Crippen molar-refractivity contribution in [1.29, 1.82) is 0 Å². The topological polar surface area (TPSA) is 12.0 Å². The summed E-state index contributed by atoms with van der Waals surface area (Å²) >= 11 is 11.8. The zero-order valence-corrected chi connectivity index (χ0v) is 8.70. The van der Waals surface area contributed by atoms with E-state index in [0.717, 1.165) is 18.7 Å². The zero-order chi connectivity index (χ0) is 9.68. The summed E-state index contributed by atoms with van der Waals surface area (Å²) in [6.45, 7) is 4.46. The fraction of sp³-hybridized carbons (Fsp3) is 0.200. The van der Waals surface area contributed by atoms with Crippen molar-refractivity contribution >= 4 is 28.9 Å². The van der Waals surface area contributed by atoms with Gasteiger partial charge in [-0.3, -0.25) is 0 Å². The number of hydrogen-bond acceptors (Lipinski definition) is 1. The van der Waals surface area contributed by atoms with Crippen LogP contribution >= 0.6 is 23.2 Å². The van der Waals surface area contributed by atoms with Crippen molar-refractivity contribution in [2.24, 2.45) is 0 Å². The Hall–Kier alpha value is -0.660. The summed E-state index contributed by atoms with van der Waals surface area (Å²) in [6, 6.07) is 5.53. The normalized spacial score (nSPS) is 9.69. The van der Waals surface area contributed by atoms with Crippen molar-refractivity contribution in [3.8, 4) is 0 Å². The summed E-state index contributed by atoms with van der Waals surface area (Å²) in [5.41, 5.74) is 0.871. The van der Waals surface area contributed by atoms with Crippen molar-refractivity contribution in [2.45, 2.75) is 6.42 Å². The highest BCUT2D eigenvalue weighted by molar-refractivity contribution is 6.43. The van der Waals surface area contributed by atoms with E-state index < -0.39 is 0 Å². The molecular weight excluding hydrogens is 205 g/mol. The second-order valence-electron chi connectivity index (χ2n) is 2.61. The molecule has 0 unspecified atom stereocenters. The van der Waals surface area contributed by atoms with Crippen molar-refractivity contribution in [3.05, 3.63) is 40.9 Å². The van der Waals surface area contributed by atoms with Gasteiger partial charge in [0.15, 0.2) is 0 Å². The minimum Gasteiger partial charge on any atom is -0.383 e. The molecule has 0 radical (unpaired) electrons. The summed E-state index contributed by atoms with van der Waals surface area (Å²) in [6.07, 6.45) is 2.76. The smallest absolute Gasteiger partial charge is 0.0823 e. The van der Waals surface area contributed by atoms with Crippen LogP contribution in [-0.2, 0) is 0 Å². The summed E-state index contributed by atoms with van der Waals surface area (Å²) in [7, 11) is 0. The van der Waals surface area contributed by atoms with Gasteiger partial charge < -0.3 is 5.32 Å². The molecule has 1 N–H and O–H groups in total. The number of nitrogens with one attached hydrogen (secondary N) is 1. The van der Waals surface area contributed by atoms with Gasteiger partial charge in [0.05, 0.1) is 15.7 Å². The third-order valence-electron chi connectivity index (χ3n) is 1.62. The zero-order valence-electron chi connectivity index (χ0n) is 7.19. The maximum absolute atomic E-state index is 5.95. The van der Waals surface area contributed by atoms with Crippen LogP contribution in [0.5, 0.6) is 0 Å². The van der Waals surface area contributed by atoms with E-state index >= 15 is 0 Å². The highest BCUT2D eigenvalue weighted by Gasteiger charge is 2.01. The lowest BCUT2D eigenvalue weighted by molar-refractivity contribution is 1.07. The van der Waals surface area contributed by atoms with Crippen LogP contribution in [0.1, 0.15) is 6.42 Å². The highest BCUT2D eigenvalue weighted by Crippen LogP contribution is 2.29. The van der Waals surface area contributed by atoms with Gasteiger partial charge in [-0.25, -0.2) is 0 Å². The Morgan fingerprint density at radius 1 is 1.38 bits per heavy atom. The first-order chi connectivity index (χ1) is 6.25. The molecule has 0 saturated carbocycles. The molecule has 0 aliphatic carbocycles. The Bertz CT molecular complexity index is 297. The fourth-order valence-electron chi connectivity index (χ4n) is 0.949. The molecular formula is C10H11Cl2N. The van der Waals surface area contributed by atoms with Crippen LogP contribution in [0.15, 0.2) is 30.9 Å². The molecule has 1 aromatic carbocycles. The van der Waals surface area contributed by atoms with Gasteiger partial charge in [0.1, 0.15) is 0 Å². The van der Waals surface area contributed by atoms with Crippen LogP contribution in [0.2, 0.25) is 10.0 Å². The molecule has 0 aliphatic rings. The fourth-order valence-corrected chi connectivity index (χ4v) is 1.32. The van der Waals surface area contributed by atoms with E-state index in [1.165, 1.54) is 0 Å². The molecule has 70 valence electrons. The lowest BCUT2D eigenvalue weighted by atomic mass is 10.3. The molecule has 1 nitrogen and oxygen atoms in total. The third-order valence-corrected chi connectivity index (χ3v) is 2.43. The van der Waals surface area contributed by atoms with Gasteiger partial charge in [-0.05, 0) is 18.6 Å². The van der Waals surface area contributed by atoms with E-state index in [4.69, 9.17) is 23.2 Å². The third kappa shape index (κ3) is 2.94. The van der Waals surface area contributed by atoms with E-state index in [0.29, 0.717) is 10.0 Å². The summed E-state index contributed by atoms with van der Waals surface area (Å²) in [4.78, 5) is 0. The molecule has 1 aromatic rings. The number of anilines is 1. The molecule has 0 amide bonds.